The molecule has 2 aromatic carbocycles. The minimum absolute atomic E-state index is 0.00429. The first-order valence-corrected chi connectivity index (χ1v) is 12.1. The van der Waals surface area contributed by atoms with Crippen molar-refractivity contribution < 1.29 is 4.79 Å². The number of anilines is 2. The van der Waals surface area contributed by atoms with Crippen LogP contribution in [0.15, 0.2) is 85.5 Å². The van der Waals surface area contributed by atoms with Gasteiger partial charge in [-0.1, -0.05) is 30.3 Å². The topological polar surface area (TPSA) is 120 Å². The van der Waals surface area contributed by atoms with Crippen molar-refractivity contribution in [3.05, 3.63) is 85.5 Å². The molecule has 1 atom stereocenters. The number of tetrazole rings is 1. The van der Waals surface area contributed by atoms with Crippen molar-refractivity contribution >= 4 is 17.4 Å². The summed E-state index contributed by atoms with van der Waals surface area (Å²) in [4.78, 5) is 19.6. The Kier molecular flexibility index (Phi) is 6.07. The van der Waals surface area contributed by atoms with Crippen molar-refractivity contribution in [3.8, 4) is 22.9 Å². The van der Waals surface area contributed by atoms with Crippen LogP contribution in [0.2, 0.25) is 0 Å². The third-order valence-electron chi connectivity index (χ3n) is 6.42. The van der Waals surface area contributed by atoms with E-state index in [0.29, 0.717) is 12.4 Å². The number of carbonyl (C=O) groups excluding carboxylic acids is 1. The molecule has 1 amide bonds. The average molecular weight is 493 g/mol. The number of carbonyl (C=O) groups is 1. The van der Waals surface area contributed by atoms with Crippen LogP contribution in [0.1, 0.15) is 12.8 Å². The van der Waals surface area contributed by atoms with Crippen LogP contribution in [-0.2, 0) is 4.79 Å². The van der Waals surface area contributed by atoms with Gasteiger partial charge in [0.25, 0.3) is 0 Å². The van der Waals surface area contributed by atoms with Gasteiger partial charge in [-0.15, -0.1) is 15.3 Å². The van der Waals surface area contributed by atoms with Crippen LogP contribution < -0.4 is 10.2 Å². The van der Waals surface area contributed by atoms with Crippen molar-refractivity contribution in [1.29, 1.82) is 0 Å². The molecule has 0 radical (unpaired) electrons. The van der Waals surface area contributed by atoms with E-state index in [0.717, 1.165) is 48.0 Å². The van der Waals surface area contributed by atoms with E-state index in [1.54, 1.807) is 10.9 Å². The van der Waals surface area contributed by atoms with Gasteiger partial charge in [0.05, 0.1) is 11.6 Å². The summed E-state index contributed by atoms with van der Waals surface area (Å²) in [5.74, 6) is 2.11. The summed E-state index contributed by atoms with van der Waals surface area (Å²) in [7, 11) is 0. The second kappa shape index (κ2) is 9.97. The molecular weight excluding hydrogens is 468 g/mol. The highest BCUT2D eigenvalue weighted by atomic mass is 16.1. The number of aromatic nitrogens is 8. The third-order valence-corrected chi connectivity index (χ3v) is 6.42. The number of nitrogens with zero attached hydrogens (tertiary/aromatic N) is 9. The van der Waals surface area contributed by atoms with Crippen LogP contribution in [-0.4, -0.2) is 59.0 Å². The summed E-state index contributed by atoms with van der Waals surface area (Å²) < 4.78 is 3.48. The molecule has 3 aromatic heterocycles. The van der Waals surface area contributed by atoms with Crippen molar-refractivity contribution in [3.63, 3.8) is 0 Å². The number of hydrogen-bond donors (Lipinski definition) is 1. The highest BCUT2D eigenvalue weighted by Crippen LogP contribution is 2.25. The molecule has 184 valence electrons. The van der Waals surface area contributed by atoms with Crippen molar-refractivity contribution in [2.75, 3.05) is 23.3 Å². The Morgan fingerprint density at radius 3 is 2.51 bits per heavy atom. The maximum Gasteiger partial charge on any atom is 0.229 e. The largest absolute Gasteiger partial charge is 0.354 e. The van der Waals surface area contributed by atoms with E-state index in [2.05, 4.69) is 40.9 Å². The lowest BCUT2D eigenvalue weighted by Crippen LogP contribution is -2.41. The Morgan fingerprint density at radius 2 is 1.76 bits per heavy atom. The van der Waals surface area contributed by atoms with Crippen molar-refractivity contribution in [2.45, 2.75) is 12.8 Å². The monoisotopic (exact) mass is 492 g/mol. The highest BCUT2D eigenvalue weighted by molar-refractivity contribution is 5.93. The Bertz CT molecular complexity index is 1460. The fourth-order valence-electron chi connectivity index (χ4n) is 4.53. The second-order valence-corrected chi connectivity index (χ2v) is 8.81. The summed E-state index contributed by atoms with van der Waals surface area (Å²) >= 11 is 0. The van der Waals surface area contributed by atoms with Crippen LogP contribution in [0.25, 0.3) is 22.9 Å². The number of benzene rings is 2. The van der Waals surface area contributed by atoms with Gasteiger partial charge >= 0.3 is 0 Å². The zero-order valence-electron chi connectivity index (χ0n) is 19.9. The molecular formula is C26H24N10O. The van der Waals surface area contributed by atoms with Gasteiger partial charge < -0.3 is 10.2 Å². The maximum atomic E-state index is 13.0. The average Bonchev–Trinajstić information content (AvgIpc) is 3.67. The van der Waals surface area contributed by atoms with E-state index in [-0.39, 0.29) is 11.8 Å². The van der Waals surface area contributed by atoms with Crippen LogP contribution in [0.5, 0.6) is 0 Å². The standard InChI is InChI=1S/C26H24N10O/c37-26(29-21-8-10-22(11-9-21)36-18-28-32-33-36)20-7-4-15-34(17-20)23-12-13-24(31-30-23)35-16-14-27-25(35)19-5-2-1-3-6-19/h1-3,5-6,8-14,16,18,20H,4,7,15,17H2,(H,29,37). The molecule has 1 N–H and O–H groups in total. The Hall–Kier alpha value is -4.93. The van der Waals surface area contributed by atoms with Crippen LogP contribution in [0.3, 0.4) is 0 Å². The Morgan fingerprint density at radius 1 is 0.946 bits per heavy atom. The van der Waals surface area contributed by atoms with Gasteiger partial charge in [0, 0.05) is 36.7 Å². The molecule has 1 saturated heterocycles. The van der Waals surface area contributed by atoms with Gasteiger partial charge in [0.2, 0.25) is 5.91 Å². The van der Waals surface area contributed by atoms with Crippen molar-refractivity contribution in [1.82, 2.24) is 40.0 Å². The first-order chi connectivity index (χ1) is 18.2. The summed E-state index contributed by atoms with van der Waals surface area (Å²) in [5, 5.41) is 23.1. The molecule has 1 aliphatic rings. The predicted molar refractivity (Wildman–Crippen MR) is 137 cm³/mol. The summed E-state index contributed by atoms with van der Waals surface area (Å²) in [6.45, 7) is 1.42. The van der Waals surface area contributed by atoms with Crippen LogP contribution in [0, 0.1) is 5.92 Å². The first kappa shape index (κ1) is 22.5. The fourth-order valence-corrected chi connectivity index (χ4v) is 4.53. The Balaban J connectivity index is 1.12. The Labute approximate surface area is 212 Å². The van der Waals surface area contributed by atoms with E-state index in [1.807, 2.05) is 77.5 Å². The quantitative estimate of drug-likeness (QED) is 0.384. The fraction of sp³-hybridized carbons (Fsp3) is 0.192. The molecule has 1 unspecified atom stereocenters. The third kappa shape index (κ3) is 4.79. The number of hydrogen-bond acceptors (Lipinski definition) is 8. The molecule has 0 saturated carbocycles. The summed E-state index contributed by atoms with van der Waals surface area (Å²) in [5.41, 5.74) is 2.56. The minimum atomic E-state index is -0.146. The van der Waals surface area contributed by atoms with Gasteiger partial charge in [0.15, 0.2) is 11.6 Å². The van der Waals surface area contributed by atoms with E-state index in [9.17, 15) is 4.79 Å². The van der Waals surface area contributed by atoms with E-state index < -0.39 is 0 Å². The molecule has 1 aliphatic heterocycles. The summed E-state index contributed by atoms with van der Waals surface area (Å²) in [6, 6.07) is 21.3. The minimum Gasteiger partial charge on any atom is -0.354 e. The van der Waals surface area contributed by atoms with E-state index in [1.165, 1.54) is 6.33 Å². The zero-order chi connectivity index (χ0) is 25.0. The first-order valence-electron chi connectivity index (χ1n) is 12.1. The molecule has 11 heteroatoms. The molecule has 5 aromatic rings. The molecule has 0 aliphatic carbocycles. The molecule has 11 nitrogen and oxygen atoms in total. The molecule has 4 heterocycles. The van der Waals surface area contributed by atoms with Gasteiger partial charge in [-0.05, 0) is 59.7 Å². The van der Waals surface area contributed by atoms with Crippen molar-refractivity contribution in [2.24, 2.45) is 5.92 Å². The zero-order valence-corrected chi connectivity index (χ0v) is 19.9. The lowest BCUT2D eigenvalue weighted by Gasteiger charge is -2.32. The van der Waals surface area contributed by atoms with Gasteiger partial charge in [-0.25, -0.2) is 9.67 Å². The number of imidazole rings is 1. The van der Waals surface area contributed by atoms with E-state index >= 15 is 0 Å². The molecule has 1 fully saturated rings. The molecule has 0 spiro atoms. The molecule has 6 rings (SSSR count). The van der Waals surface area contributed by atoms with Gasteiger partial charge in [-0.3, -0.25) is 9.36 Å². The lowest BCUT2D eigenvalue weighted by atomic mass is 9.97. The number of piperidine rings is 1. The number of amides is 1. The van der Waals surface area contributed by atoms with Gasteiger partial charge in [-0.2, -0.15) is 0 Å². The number of rotatable bonds is 6. The van der Waals surface area contributed by atoms with Gasteiger partial charge in [0.1, 0.15) is 12.2 Å². The second-order valence-electron chi connectivity index (χ2n) is 8.81. The molecule has 0 bridgehead atoms. The van der Waals surface area contributed by atoms with Crippen LogP contribution in [0.4, 0.5) is 11.5 Å². The van der Waals surface area contributed by atoms with E-state index in [4.69, 9.17) is 0 Å². The SMILES string of the molecule is O=C(Nc1ccc(-n2cnnn2)cc1)C1CCCN(c2ccc(-n3ccnc3-c3ccccc3)nn2)C1. The lowest BCUT2D eigenvalue weighted by molar-refractivity contribution is -0.120. The van der Waals surface area contributed by atoms with Crippen LogP contribution >= 0.6 is 0 Å². The maximum absolute atomic E-state index is 13.0. The normalized spacial score (nSPS) is 15.5. The summed E-state index contributed by atoms with van der Waals surface area (Å²) in [6.07, 6.45) is 6.89. The number of nitrogens with one attached hydrogen (secondary N) is 1. The highest BCUT2D eigenvalue weighted by Gasteiger charge is 2.27. The molecule has 37 heavy (non-hydrogen) atoms. The smallest absolute Gasteiger partial charge is 0.229 e. The predicted octanol–water partition coefficient (Wildman–Crippen LogP) is 3.16.